The molecule has 6 heteroatoms. The third-order valence-electron chi connectivity index (χ3n) is 4.64. The molecule has 0 atom stereocenters. The van der Waals surface area contributed by atoms with Gasteiger partial charge in [0.2, 0.25) is 0 Å². The normalized spacial score (nSPS) is 17.6. The molecule has 0 bridgehead atoms. The molecule has 1 fully saturated rings. The Morgan fingerprint density at radius 2 is 1.96 bits per heavy atom. The van der Waals surface area contributed by atoms with Gasteiger partial charge in [0, 0.05) is 23.5 Å². The van der Waals surface area contributed by atoms with Crippen LogP contribution < -0.4 is 15.0 Å². The van der Waals surface area contributed by atoms with E-state index in [2.05, 4.69) is 5.32 Å². The average Bonchev–Trinajstić information content (AvgIpc) is 3.50. The van der Waals surface area contributed by atoms with Gasteiger partial charge in [0.15, 0.2) is 0 Å². The summed E-state index contributed by atoms with van der Waals surface area (Å²) in [4.78, 5) is 28.3. The zero-order valence-corrected chi connectivity index (χ0v) is 16.0. The van der Waals surface area contributed by atoms with E-state index in [0.29, 0.717) is 16.5 Å². The van der Waals surface area contributed by atoms with Crippen molar-refractivity contribution in [2.75, 3.05) is 19.1 Å². The number of carbonyl (C=O) groups excluding carboxylic acids is 2. The molecule has 0 spiro atoms. The SMILES string of the molecule is COc1ccc(/C=C2\Sc3ccc(C(=O)NC4CC4)cc3N(C)C2=O)cc1. The van der Waals surface area contributed by atoms with Crippen LogP contribution in [0.15, 0.2) is 52.3 Å². The van der Waals surface area contributed by atoms with Crippen LogP contribution in [0.4, 0.5) is 5.69 Å². The number of carbonyl (C=O) groups is 2. The van der Waals surface area contributed by atoms with Gasteiger partial charge in [0.25, 0.3) is 11.8 Å². The van der Waals surface area contributed by atoms with Crippen LogP contribution in [0.5, 0.6) is 5.75 Å². The van der Waals surface area contributed by atoms with Gasteiger partial charge in [-0.05, 0) is 54.8 Å². The van der Waals surface area contributed by atoms with Crippen LogP contribution in [-0.4, -0.2) is 32.0 Å². The summed E-state index contributed by atoms with van der Waals surface area (Å²) in [6, 6.07) is 13.4. The third kappa shape index (κ3) is 3.71. The Labute approximate surface area is 162 Å². The van der Waals surface area contributed by atoms with Crippen molar-refractivity contribution in [3.63, 3.8) is 0 Å². The number of nitrogens with one attached hydrogen (secondary N) is 1. The van der Waals surface area contributed by atoms with E-state index >= 15 is 0 Å². The maximum absolute atomic E-state index is 12.8. The highest BCUT2D eigenvalue weighted by Crippen LogP contribution is 2.42. The van der Waals surface area contributed by atoms with E-state index < -0.39 is 0 Å². The van der Waals surface area contributed by atoms with Crippen LogP contribution in [0.1, 0.15) is 28.8 Å². The van der Waals surface area contributed by atoms with Gasteiger partial charge in [-0.2, -0.15) is 0 Å². The molecule has 0 unspecified atom stereocenters. The number of anilines is 1. The van der Waals surface area contributed by atoms with Gasteiger partial charge in [-0.3, -0.25) is 9.59 Å². The van der Waals surface area contributed by atoms with E-state index in [0.717, 1.165) is 34.7 Å². The Kier molecular flexibility index (Phi) is 4.66. The van der Waals surface area contributed by atoms with Gasteiger partial charge in [0.1, 0.15) is 5.75 Å². The second kappa shape index (κ2) is 7.12. The third-order valence-corrected chi connectivity index (χ3v) is 5.72. The second-order valence-electron chi connectivity index (χ2n) is 6.68. The summed E-state index contributed by atoms with van der Waals surface area (Å²) in [5.41, 5.74) is 2.28. The first-order chi connectivity index (χ1) is 13.0. The molecule has 2 aromatic rings. The number of fused-ring (bicyclic) bond motifs is 1. The highest BCUT2D eigenvalue weighted by atomic mass is 32.2. The first kappa shape index (κ1) is 17.7. The molecule has 1 N–H and O–H groups in total. The first-order valence-corrected chi connectivity index (χ1v) is 9.63. The Hall–Kier alpha value is -2.73. The van der Waals surface area contributed by atoms with E-state index in [4.69, 9.17) is 4.74 Å². The maximum Gasteiger partial charge on any atom is 0.264 e. The number of thioether (sulfide) groups is 1. The Morgan fingerprint density at radius 1 is 1.22 bits per heavy atom. The lowest BCUT2D eigenvalue weighted by Crippen LogP contribution is -2.31. The number of likely N-dealkylation sites (N-methyl/N-ethyl adjacent to an activating group) is 1. The predicted molar refractivity (Wildman–Crippen MR) is 107 cm³/mol. The Balaban J connectivity index is 1.60. The van der Waals surface area contributed by atoms with Crippen molar-refractivity contribution in [2.45, 2.75) is 23.8 Å². The number of ether oxygens (including phenoxy) is 1. The van der Waals surface area contributed by atoms with Crippen molar-refractivity contribution in [3.8, 4) is 5.75 Å². The highest BCUT2D eigenvalue weighted by molar-refractivity contribution is 8.04. The fraction of sp³-hybridized carbons (Fsp3) is 0.238. The highest BCUT2D eigenvalue weighted by Gasteiger charge is 2.28. The van der Waals surface area contributed by atoms with Crippen LogP contribution in [0.2, 0.25) is 0 Å². The van der Waals surface area contributed by atoms with Gasteiger partial charge >= 0.3 is 0 Å². The van der Waals surface area contributed by atoms with E-state index in [1.807, 2.05) is 42.5 Å². The maximum atomic E-state index is 12.8. The molecule has 1 saturated carbocycles. The summed E-state index contributed by atoms with van der Waals surface area (Å²) in [7, 11) is 3.37. The molecule has 27 heavy (non-hydrogen) atoms. The van der Waals surface area contributed by atoms with Crippen LogP contribution in [0.3, 0.4) is 0 Å². The Morgan fingerprint density at radius 3 is 2.63 bits per heavy atom. The van der Waals surface area contributed by atoms with Gasteiger partial charge in [0.05, 0.1) is 17.7 Å². The summed E-state index contributed by atoms with van der Waals surface area (Å²) >= 11 is 1.43. The molecule has 0 saturated heterocycles. The van der Waals surface area contributed by atoms with Crippen LogP contribution in [-0.2, 0) is 4.79 Å². The molecule has 2 aliphatic rings. The summed E-state index contributed by atoms with van der Waals surface area (Å²) < 4.78 is 5.17. The molecule has 2 aromatic carbocycles. The lowest BCUT2D eigenvalue weighted by Gasteiger charge is -2.27. The van der Waals surface area contributed by atoms with E-state index in [1.165, 1.54) is 11.8 Å². The fourth-order valence-corrected chi connectivity index (χ4v) is 3.98. The molecule has 2 amide bonds. The number of nitrogens with zero attached hydrogens (tertiary/aromatic N) is 1. The van der Waals surface area contributed by atoms with Crippen molar-refractivity contribution >= 4 is 35.3 Å². The minimum atomic E-state index is -0.0805. The van der Waals surface area contributed by atoms with Crippen molar-refractivity contribution in [2.24, 2.45) is 0 Å². The van der Waals surface area contributed by atoms with Crippen molar-refractivity contribution in [1.29, 1.82) is 0 Å². The molecule has 4 rings (SSSR count). The molecule has 1 heterocycles. The molecule has 1 aliphatic heterocycles. The summed E-state index contributed by atoms with van der Waals surface area (Å²) in [5.74, 6) is 0.619. The lowest BCUT2D eigenvalue weighted by molar-refractivity contribution is -0.114. The largest absolute Gasteiger partial charge is 0.497 e. The molecule has 138 valence electrons. The molecular formula is C21H20N2O3S. The van der Waals surface area contributed by atoms with Gasteiger partial charge in [-0.1, -0.05) is 23.9 Å². The van der Waals surface area contributed by atoms with Crippen LogP contribution in [0.25, 0.3) is 6.08 Å². The number of hydrogen-bond donors (Lipinski definition) is 1. The summed E-state index contributed by atoms with van der Waals surface area (Å²) in [6.45, 7) is 0. The monoisotopic (exact) mass is 380 g/mol. The lowest BCUT2D eigenvalue weighted by atomic mass is 10.1. The van der Waals surface area contributed by atoms with Gasteiger partial charge in [-0.15, -0.1) is 0 Å². The number of amides is 2. The number of hydrogen-bond acceptors (Lipinski definition) is 4. The van der Waals surface area contributed by atoms with E-state index in [9.17, 15) is 9.59 Å². The average molecular weight is 380 g/mol. The molecular weight excluding hydrogens is 360 g/mol. The first-order valence-electron chi connectivity index (χ1n) is 8.82. The number of rotatable bonds is 4. The van der Waals surface area contributed by atoms with Crippen molar-refractivity contribution in [3.05, 3.63) is 58.5 Å². The smallest absolute Gasteiger partial charge is 0.264 e. The molecule has 5 nitrogen and oxygen atoms in total. The van der Waals surface area contributed by atoms with Gasteiger partial charge < -0.3 is 15.0 Å². The zero-order valence-electron chi connectivity index (χ0n) is 15.2. The number of benzene rings is 2. The quantitative estimate of drug-likeness (QED) is 0.822. The van der Waals surface area contributed by atoms with Crippen molar-refractivity contribution in [1.82, 2.24) is 5.32 Å². The molecule has 0 aromatic heterocycles. The minimum Gasteiger partial charge on any atom is -0.497 e. The summed E-state index contributed by atoms with van der Waals surface area (Å²) in [5, 5.41) is 2.98. The van der Waals surface area contributed by atoms with Gasteiger partial charge in [-0.25, -0.2) is 0 Å². The second-order valence-corrected chi connectivity index (χ2v) is 7.76. The number of methoxy groups -OCH3 is 1. The summed E-state index contributed by atoms with van der Waals surface area (Å²) in [6.07, 6.45) is 3.97. The molecule has 1 aliphatic carbocycles. The van der Waals surface area contributed by atoms with E-state index in [-0.39, 0.29) is 11.8 Å². The van der Waals surface area contributed by atoms with Crippen molar-refractivity contribution < 1.29 is 14.3 Å². The Bertz CT molecular complexity index is 933. The fourth-order valence-electron chi connectivity index (χ4n) is 2.88. The zero-order chi connectivity index (χ0) is 19.0. The molecule has 0 radical (unpaired) electrons. The van der Waals surface area contributed by atoms with E-state index in [1.54, 1.807) is 25.1 Å². The minimum absolute atomic E-state index is 0.0780. The predicted octanol–water partition coefficient (Wildman–Crippen LogP) is 3.70. The van der Waals surface area contributed by atoms with Crippen LogP contribution >= 0.6 is 11.8 Å². The van der Waals surface area contributed by atoms with Crippen LogP contribution in [0, 0.1) is 0 Å². The topological polar surface area (TPSA) is 58.6 Å². The standard InChI is InChI=1S/C21H20N2O3S/c1-23-17-12-14(20(24)22-15-6-7-15)5-10-18(17)27-19(21(23)25)11-13-3-8-16(26-2)9-4-13/h3-5,8-12,15H,6-7H2,1-2H3,(H,22,24)/b19-11-.